The van der Waals surface area contributed by atoms with Crippen molar-refractivity contribution in [1.82, 2.24) is 9.80 Å². The van der Waals surface area contributed by atoms with Crippen LogP contribution in [0, 0.1) is 17.2 Å². The number of amides is 1. The molecule has 2 fully saturated rings. The van der Waals surface area contributed by atoms with E-state index in [0.717, 1.165) is 51.9 Å². The van der Waals surface area contributed by atoms with Crippen molar-refractivity contribution in [3.8, 4) is 6.07 Å². The molecule has 2 rings (SSSR count). The van der Waals surface area contributed by atoms with E-state index < -0.39 is 0 Å². The zero-order valence-corrected chi connectivity index (χ0v) is 12.8. The van der Waals surface area contributed by atoms with E-state index >= 15 is 0 Å². The number of piperidine rings is 2. The summed E-state index contributed by atoms with van der Waals surface area (Å²) in [4.78, 5) is 17.1. The summed E-state index contributed by atoms with van der Waals surface area (Å²) in [7, 11) is 0. The first-order valence-electron chi connectivity index (χ1n) is 8.27. The fourth-order valence-electron chi connectivity index (χ4n) is 3.59. The number of carbonyl (C=O) groups excluding carboxylic acids is 1. The maximum Gasteiger partial charge on any atom is 0.226 e. The van der Waals surface area contributed by atoms with Gasteiger partial charge in [-0.15, -0.1) is 0 Å². The normalized spacial score (nSPS) is 24.8. The molecule has 0 radical (unpaired) electrons. The highest BCUT2D eigenvalue weighted by Crippen LogP contribution is 2.26. The van der Waals surface area contributed by atoms with Gasteiger partial charge in [-0.25, -0.2) is 0 Å². The molecule has 0 bridgehead atoms. The van der Waals surface area contributed by atoms with E-state index in [2.05, 4.69) is 11.0 Å². The molecule has 2 aliphatic heterocycles. The van der Waals surface area contributed by atoms with Gasteiger partial charge in [-0.1, -0.05) is 0 Å². The first-order chi connectivity index (χ1) is 10.3. The second-order valence-electron chi connectivity index (χ2n) is 6.22. The first-order valence-corrected chi connectivity index (χ1v) is 8.27. The maximum absolute atomic E-state index is 12.7. The van der Waals surface area contributed by atoms with E-state index in [1.807, 2.05) is 4.90 Å². The monoisotopic (exact) mass is 293 g/mol. The topological polar surface area (TPSA) is 67.6 Å². The predicted molar refractivity (Wildman–Crippen MR) is 80.4 cm³/mol. The Morgan fingerprint density at radius 3 is 2.62 bits per heavy atom. The Labute approximate surface area is 127 Å². The van der Waals surface area contributed by atoms with E-state index in [0.29, 0.717) is 18.7 Å². The van der Waals surface area contributed by atoms with Crippen LogP contribution in [0.5, 0.6) is 0 Å². The van der Waals surface area contributed by atoms with Gasteiger partial charge in [-0.3, -0.25) is 4.79 Å². The number of hydrogen-bond acceptors (Lipinski definition) is 4. The third kappa shape index (κ3) is 4.42. The SMILES string of the molecule is N#CCCN1CCC(C(=O)N2CCCCC2CCO)CC1. The van der Waals surface area contributed by atoms with Crippen LogP contribution in [0.3, 0.4) is 0 Å². The van der Waals surface area contributed by atoms with Crippen LogP contribution in [0.4, 0.5) is 0 Å². The van der Waals surface area contributed by atoms with Crippen molar-refractivity contribution >= 4 is 5.91 Å². The minimum atomic E-state index is 0.141. The summed E-state index contributed by atoms with van der Waals surface area (Å²) in [6.07, 6.45) is 6.40. The predicted octanol–water partition coefficient (Wildman–Crippen LogP) is 1.38. The Morgan fingerprint density at radius 1 is 1.19 bits per heavy atom. The van der Waals surface area contributed by atoms with Gasteiger partial charge in [0.25, 0.3) is 0 Å². The molecule has 5 heteroatoms. The molecule has 5 nitrogen and oxygen atoms in total. The lowest BCUT2D eigenvalue weighted by atomic mass is 9.92. The Hall–Kier alpha value is -1.12. The lowest BCUT2D eigenvalue weighted by molar-refractivity contribution is -0.141. The van der Waals surface area contributed by atoms with Crippen LogP contribution in [-0.4, -0.2) is 59.6 Å². The molecule has 118 valence electrons. The Balaban J connectivity index is 1.84. The third-order valence-electron chi connectivity index (χ3n) is 4.85. The molecule has 21 heavy (non-hydrogen) atoms. The van der Waals surface area contributed by atoms with Gasteiger partial charge in [-0.05, 0) is 51.6 Å². The number of carbonyl (C=O) groups is 1. The molecule has 1 atom stereocenters. The van der Waals surface area contributed by atoms with Gasteiger partial charge in [0, 0.05) is 38.1 Å². The van der Waals surface area contributed by atoms with Gasteiger partial charge in [0.05, 0.1) is 6.07 Å². The number of rotatable bonds is 5. The minimum absolute atomic E-state index is 0.141. The first kappa shape index (κ1) is 16.3. The Bertz CT molecular complexity index is 370. The van der Waals surface area contributed by atoms with Crippen LogP contribution in [0.15, 0.2) is 0 Å². The molecular formula is C16H27N3O2. The van der Waals surface area contributed by atoms with Gasteiger partial charge in [0.1, 0.15) is 0 Å². The number of nitriles is 1. The average molecular weight is 293 g/mol. The van der Waals surface area contributed by atoms with Gasteiger partial charge < -0.3 is 14.9 Å². The lowest BCUT2D eigenvalue weighted by Crippen LogP contribution is -2.49. The molecule has 2 aliphatic rings. The van der Waals surface area contributed by atoms with Crippen molar-refractivity contribution in [2.75, 3.05) is 32.8 Å². The molecule has 0 saturated carbocycles. The van der Waals surface area contributed by atoms with E-state index in [1.165, 1.54) is 6.42 Å². The highest BCUT2D eigenvalue weighted by molar-refractivity contribution is 5.79. The number of nitrogens with zero attached hydrogens (tertiary/aromatic N) is 3. The van der Waals surface area contributed by atoms with Crippen LogP contribution < -0.4 is 0 Å². The number of hydrogen-bond donors (Lipinski definition) is 1. The van der Waals surface area contributed by atoms with Gasteiger partial charge >= 0.3 is 0 Å². The van der Waals surface area contributed by atoms with Crippen molar-refractivity contribution in [3.05, 3.63) is 0 Å². The highest BCUT2D eigenvalue weighted by Gasteiger charge is 2.32. The summed E-state index contributed by atoms with van der Waals surface area (Å²) in [5.74, 6) is 0.440. The molecule has 1 amide bonds. The highest BCUT2D eigenvalue weighted by atomic mass is 16.3. The Morgan fingerprint density at radius 2 is 1.95 bits per heavy atom. The van der Waals surface area contributed by atoms with Crippen LogP contribution in [-0.2, 0) is 4.79 Å². The molecule has 1 N–H and O–H groups in total. The van der Waals surface area contributed by atoms with Crippen molar-refractivity contribution in [3.63, 3.8) is 0 Å². The van der Waals surface area contributed by atoms with E-state index in [9.17, 15) is 9.90 Å². The second-order valence-corrected chi connectivity index (χ2v) is 6.22. The van der Waals surface area contributed by atoms with Crippen LogP contribution in [0.2, 0.25) is 0 Å². The summed E-state index contributed by atoms with van der Waals surface area (Å²) < 4.78 is 0. The maximum atomic E-state index is 12.7. The minimum Gasteiger partial charge on any atom is -0.396 e. The molecule has 0 spiro atoms. The summed E-state index contributed by atoms with van der Waals surface area (Å²) in [5, 5.41) is 17.8. The van der Waals surface area contributed by atoms with Crippen molar-refractivity contribution < 1.29 is 9.90 Å². The van der Waals surface area contributed by atoms with Crippen molar-refractivity contribution in [2.45, 2.75) is 51.0 Å². The lowest BCUT2D eigenvalue weighted by Gasteiger charge is -2.40. The van der Waals surface area contributed by atoms with Crippen molar-refractivity contribution in [2.24, 2.45) is 5.92 Å². The smallest absolute Gasteiger partial charge is 0.226 e. The Kier molecular flexibility index (Phi) is 6.47. The molecule has 0 aromatic heterocycles. The number of aliphatic hydroxyl groups is 1. The molecule has 2 saturated heterocycles. The van der Waals surface area contributed by atoms with Gasteiger partial charge in [-0.2, -0.15) is 5.26 Å². The summed E-state index contributed by atoms with van der Waals surface area (Å²) in [5.41, 5.74) is 0. The van der Waals surface area contributed by atoms with E-state index in [-0.39, 0.29) is 18.6 Å². The fraction of sp³-hybridized carbons (Fsp3) is 0.875. The summed E-state index contributed by atoms with van der Waals surface area (Å²) in [6, 6.07) is 2.42. The number of likely N-dealkylation sites (tertiary alicyclic amines) is 2. The standard InChI is InChI=1S/C16H27N3O2/c17-8-3-9-18-11-5-14(6-12-18)16(21)19-10-2-1-4-15(19)7-13-20/h14-15,20H,1-7,9-13H2. The largest absolute Gasteiger partial charge is 0.396 e. The second kappa shape index (κ2) is 8.35. The summed E-state index contributed by atoms with van der Waals surface area (Å²) in [6.45, 7) is 3.71. The fourth-order valence-corrected chi connectivity index (χ4v) is 3.59. The quantitative estimate of drug-likeness (QED) is 0.831. The molecule has 0 aliphatic carbocycles. The third-order valence-corrected chi connectivity index (χ3v) is 4.85. The zero-order chi connectivity index (χ0) is 15.1. The zero-order valence-electron chi connectivity index (χ0n) is 12.8. The van der Waals surface area contributed by atoms with Crippen LogP contribution in [0.1, 0.15) is 44.9 Å². The summed E-state index contributed by atoms with van der Waals surface area (Å²) >= 11 is 0. The average Bonchev–Trinajstić information content (AvgIpc) is 2.53. The molecule has 0 aromatic rings. The molecule has 2 heterocycles. The molecule has 0 aromatic carbocycles. The molecule has 1 unspecified atom stereocenters. The van der Waals surface area contributed by atoms with Crippen LogP contribution in [0.25, 0.3) is 0 Å². The van der Waals surface area contributed by atoms with Crippen molar-refractivity contribution in [1.29, 1.82) is 5.26 Å². The van der Waals surface area contributed by atoms with Gasteiger partial charge in [0.15, 0.2) is 0 Å². The number of aliphatic hydroxyl groups excluding tert-OH is 1. The van der Waals surface area contributed by atoms with E-state index in [4.69, 9.17) is 5.26 Å². The van der Waals surface area contributed by atoms with Crippen LogP contribution >= 0.6 is 0 Å². The van der Waals surface area contributed by atoms with Gasteiger partial charge in [0.2, 0.25) is 5.91 Å². The van der Waals surface area contributed by atoms with E-state index in [1.54, 1.807) is 0 Å². The molecular weight excluding hydrogens is 266 g/mol.